The van der Waals surface area contributed by atoms with Gasteiger partial charge < -0.3 is 9.80 Å². The summed E-state index contributed by atoms with van der Waals surface area (Å²) in [5, 5.41) is 16.6. The van der Waals surface area contributed by atoms with Crippen LogP contribution in [0.1, 0.15) is 43.9 Å². The zero-order chi connectivity index (χ0) is 19.9. The minimum atomic E-state index is -0.678. The number of hydrogen-bond acceptors (Lipinski definition) is 6. The summed E-state index contributed by atoms with van der Waals surface area (Å²) >= 11 is 0. The average molecular weight is 374 g/mol. The lowest BCUT2D eigenvalue weighted by molar-refractivity contribution is -0.145. The Morgan fingerprint density at radius 2 is 2.00 bits per heavy atom. The fourth-order valence-corrected chi connectivity index (χ4v) is 3.15. The Morgan fingerprint density at radius 3 is 2.59 bits per heavy atom. The van der Waals surface area contributed by atoms with Gasteiger partial charge in [-0.15, -0.1) is 10.2 Å². The second kappa shape index (κ2) is 6.75. The van der Waals surface area contributed by atoms with Crippen LogP contribution in [-0.2, 0) is 35.0 Å². The lowest BCUT2D eigenvalue weighted by atomic mass is 9.97. The first-order valence-electron chi connectivity index (χ1n) is 8.90. The van der Waals surface area contributed by atoms with E-state index in [0.717, 1.165) is 11.3 Å². The van der Waals surface area contributed by atoms with Gasteiger partial charge >= 0.3 is 0 Å². The Labute approximate surface area is 158 Å². The number of rotatable bonds is 3. The van der Waals surface area contributed by atoms with E-state index in [1.807, 2.05) is 27.8 Å². The molecular weight excluding hydrogens is 348 g/mol. The van der Waals surface area contributed by atoms with E-state index in [1.54, 1.807) is 29.9 Å². The largest absolute Gasteiger partial charge is 0.347 e. The molecule has 1 atom stereocenters. The minimum Gasteiger partial charge on any atom is -0.347 e. The number of amides is 2. The standard InChI is InChI=1S/C17H26N8O2/c1-17(2,3)25-20-13(19-21-25)9-14(26)24-8-7-12-11(10-18-23(12)6)15(24)16(27)22(4)5/h10,15H,7-9H2,1-6H3. The van der Waals surface area contributed by atoms with Gasteiger partial charge in [0.05, 0.1) is 18.2 Å². The summed E-state index contributed by atoms with van der Waals surface area (Å²) in [6, 6.07) is -0.678. The highest BCUT2D eigenvalue weighted by Gasteiger charge is 2.38. The molecule has 10 heteroatoms. The van der Waals surface area contributed by atoms with Crippen molar-refractivity contribution in [3.63, 3.8) is 0 Å². The molecule has 0 bridgehead atoms. The van der Waals surface area contributed by atoms with Crippen molar-refractivity contribution in [2.24, 2.45) is 7.05 Å². The molecule has 2 aromatic heterocycles. The van der Waals surface area contributed by atoms with Crippen LogP contribution in [0.25, 0.3) is 0 Å². The molecule has 3 rings (SSSR count). The number of hydrogen-bond donors (Lipinski definition) is 0. The van der Waals surface area contributed by atoms with Crippen LogP contribution in [0, 0.1) is 0 Å². The SMILES string of the molecule is CN(C)C(=O)C1c2cnn(C)c2CCN1C(=O)Cc1nnn(C(C)(C)C)n1. The van der Waals surface area contributed by atoms with Crippen LogP contribution in [-0.4, -0.2) is 72.2 Å². The van der Waals surface area contributed by atoms with Crippen LogP contribution in [0.3, 0.4) is 0 Å². The molecule has 0 N–H and O–H groups in total. The van der Waals surface area contributed by atoms with Gasteiger partial charge in [0, 0.05) is 45.4 Å². The number of carbonyl (C=O) groups is 2. The second-order valence-electron chi connectivity index (χ2n) is 7.99. The van der Waals surface area contributed by atoms with E-state index in [9.17, 15) is 9.59 Å². The number of likely N-dealkylation sites (N-methyl/N-ethyl adjacent to an activating group) is 1. The zero-order valence-electron chi connectivity index (χ0n) is 16.7. The van der Waals surface area contributed by atoms with Crippen LogP contribution < -0.4 is 0 Å². The second-order valence-corrected chi connectivity index (χ2v) is 7.99. The van der Waals surface area contributed by atoms with Gasteiger partial charge in [0.15, 0.2) is 5.82 Å². The lowest BCUT2D eigenvalue weighted by Crippen LogP contribution is -2.47. The van der Waals surface area contributed by atoms with Crippen molar-refractivity contribution in [2.45, 2.75) is 45.2 Å². The quantitative estimate of drug-likeness (QED) is 0.745. The molecule has 0 saturated carbocycles. The zero-order valence-corrected chi connectivity index (χ0v) is 16.7. The molecule has 2 aromatic rings. The minimum absolute atomic E-state index is 0.00286. The van der Waals surface area contributed by atoms with Crippen molar-refractivity contribution in [1.29, 1.82) is 0 Å². The van der Waals surface area contributed by atoms with Crippen molar-refractivity contribution in [3.8, 4) is 0 Å². The molecular formula is C17H26N8O2. The van der Waals surface area contributed by atoms with E-state index in [-0.39, 0.29) is 23.8 Å². The molecule has 0 radical (unpaired) electrons. The van der Waals surface area contributed by atoms with Crippen molar-refractivity contribution < 1.29 is 9.59 Å². The molecule has 1 aliphatic heterocycles. The number of tetrazole rings is 1. The van der Waals surface area contributed by atoms with E-state index >= 15 is 0 Å². The molecule has 1 aliphatic rings. The third-order valence-corrected chi connectivity index (χ3v) is 4.65. The molecule has 2 amide bonds. The number of nitrogens with zero attached hydrogens (tertiary/aromatic N) is 8. The van der Waals surface area contributed by atoms with Crippen molar-refractivity contribution in [3.05, 3.63) is 23.3 Å². The lowest BCUT2D eigenvalue weighted by Gasteiger charge is -2.36. The van der Waals surface area contributed by atoms with Crippen molar-refractivity contribution >= 4 is 11.8 Å². The fraction of sp³-hybridized carbons (Fsp3) is 0.647. The third-order valence-electron chi connectivity index (χ3n) is 4.65. The van der Waals surface area contributed by atoms with E-state index < -0.39 is 6.04 Å². The van der Waals surface area contributed by atoms with E-state index in [2.05, 4.69) is 20.5 Å². The van der Waals surface area contributed by atoms with E-state index in [4.69, 9.17) is 0 Å². The monoisotopic (exact) mass is 374 g/mol. The molecule has 0 aliphatic carbocycles. The highest BCUT2D eigenvalue weighted by molar-refractivity contribution is 5.89. The molecule has 0 aromatic carbocycles. The van der Waals surface area contributed by atoms with Gasteiger partial charge in [-0.3, -0.25) is 14.3 Å². The summed E-state index contributed by atoms with van der Waals surface area (Å²) in [6.45, 7) is 6.32. The number of carbonyl (C=O) groups excluding carboxylic acids is 2. The van der Waals surface area contributed by atoms with Crippen LogP contribution >= 0.6 is 0 Å². The summed E-state index contributed by atoms with van der Waals surface area (Å²) in [5.74, 6) is 0.00438. The number of aromatic nitrogens is 6. The first-order chi connectivity index (χ1) is 12.6. The van der Waals surface area contributed by atoms with Crippen LogP contribution in [0.2, 0.25) is 0 Å². The van der Waals surface area contributed by atoms with Gasteiger partial charge in [-0.1, -0.05) is 0 Å². The Kier molecular flexibility index (Phi) is 4.75. The van der Waals surface area contributed by atoms with Crippen LogP contribution in [0.4, 0.5) is 0 Å². The Bertz CT molecular complexity index is 861. The molecule has 0 saturated heterocycles. The van der Waals surface area contributed by atoms with Gasteiger partial charge in [0.1, 0.15) is 6.04 Å². The molecule has 27 heavy (non-hydrogen) atoms. The van der Waals surface area contributed by atoms with Crippen LogP contribution in [0.15, 0.2) is 6.20 Å². The van der Waals surface area contributed by atoms with Crippen LogP contribution in [0.5, 0.6) is 0 Å². The highest BCUT2D eigenvalue weighted by Crippen LogP contribution is 2.31. The molecule has 3 heterocycles. The maximum absolute atomic E-state index is 13.0. The molecule has 0 spiro atoms. The predicted octanol–water partition coefficient (Wildman–Crippen LogP) is -0.0817. The van der Waals surface area contributed by atoms with Gasteiger partial charge in [0.25, 0.3) is 0 Å². The first-order valence-corrected chi connectivity index (χ1v) is 8.90. The van der Waals surface area contributed by atoms with Gasteiger partial charge in [-0.25, -0.2) is 0 Å². The summed E-state index contributed by atoms with van der Waals surface area (Å²) in [5.41, 5.74) is 1.45. The summed E-state index contributed by atoms with van der Waals surface area (Å²) in [4.78, 5) is 30.4. The Morgan fingerprint density at radius 1 is 1.30 bits per heavy atom. The smallest absolute Gasteiger partial charge is 0.249 e. The summed E-state index contributed by atoms with van der Waals surface area (Å²) < 4.78 is 1.77. The van der Waals surface area contributed by atoms with Crippen molar-refractivity contribution in [1.82, 2.24) is 39.8 Å². The topological polar surface area (TPSA) is 102 Å². The first kappa shape index (κ1) is 19.0. The maximum Gasteiger partial charge on any atom is 0.249 e. The molecule has 1 unspecified atom stereocenters. The van der Waals surface area contributed by atoms with E-state index in [1.165, 1.54) is 9.70 Å². The Balaban J connectivity index is 1.86. The van der Waals surface area contributed by atoms with E-state index in [0.29, 0.717) is 18.8 Å². The maximum atomic E-state index is 13.0. The molecule has 10 nitrogen and oxygen atoms in total. The number of fused-ring (bicyclic) bond motifs is 1. The normalized spacial score (nSPS) is 17.0. The third kappa shape index (κ3) is 3.56. The van der Waals surface area contributed by atoms with Gasteiger partial charge in [-0.2, -0.15) is 9.90 Å². The molecule has 146 valence electrons. The predicted molar refractivity (Wildman–Crippen MR) is 96.6 cm³/mol. The Hall–Kier alpha value is -2.78. The van der Waals surface area contributed by atoms with Gasteiger partial charge in [-0.05, 0) is 26.0 Å². The highest BCUT2D eigenvalue weighted by atomic mass is 16.2. The molecule has 0 fully saturated rings. The van der Waals surface area contributed by atoms with Crippen molar-refractivity contribution in [2.75, 3.05) is 20.6 Å². The fourth-order valence-electron chi connectivity index (χ4n) is 3.15. The summed E-state index contributed by atoms with van der Waals surface area (Å²) in [7, 11) is 5.22. The number of aryl methyl sites for hydroxylation is 1. The summed E-state index contributed by atoms with van der Waals surface area (Å²) in [6.07, 6.45) is 2.33. The average Bonchev–Trinajstić information content (AvgIpc) is 3.20. The van der Waals surface area contributed by atoms with Gasteiger partial charge in [0.2, 0.25) is 11.8 Å².